The van der Waals surface area contributed by atoms with Gasteiger partial charge >= 0.3 is 0 Å². The molecule has 3 N–H and O–H groups in total. The fourth-order valence-corrected chi connectivity index (χ4v) is 7.99. The number of aromatic hydroxyl groups is 1. The molecule has 2 amide bonds. The summed E-state index contributed by atoms with van der Waals surface area (Å²) in [5.74, 6) is -1.78. The monoisotopic (exact) mass is 664 g/mol. The van der Waals surface area contributed by atoms with Gasteiger partial charge in [-0.1, -0.05) is 76.8 Å². The molecule has 0 radical (unpaired) electrons. The van der Waals surface area contributed by atoms with Crippen molar-refractivity contribution in [3.05, 3.63) is 80.8 Å². The van der Waals surface area contributed by atoms with E-state index in [0.717, 1.165) is 72.1 Å². The number of fused-ring (bicyclic) bond motifs is 1. The van der Waals surface area contributed by atoms with E-state index in [4.69, 9.17) is 0 Å². The molecule has 0 aromatic heterocycles. The topological polar surface area (TPSA) is 101 Å². The van der Waals surface area contributed by atoms with Gasteiger partial charge in [0.15, 0.2) is 0 Å². The van der Waals surface area contributed by atoms with Crippen LogP contribution in [-0.2, 0) is 16.1 Å². The van der Waals surface area contributed by atoms with Gasteiger partial charge in [-0.15, -0.1) is 0 Å². The molecule has 44 heavy (non-hydrogen) atoms. The molecule has 2 aromatic carbocycles. The molecule has 2 saturated heterocycles. The SMILES string of the molecule is CCC/C(=C\c1cc(Br)ccc1O)CC[C@@H](O)C1=C(C)C[C@H]2C(=O)N(C3CCN(Cc4ccccc4)CC3)C(=O)[C@H]2[C@H]1CO. The molecule has 4 atom stereocenters. The number of benzene rings is 2. The van der Waals surface area contributed by atoms with Crippen molar-refractivity contribution in [1.82, 2.24) is 9.80 Å². The van der Waals surface area contributed by atoms with Crippen LogP contribution < -0.4 is 0 Å². The highest BCUT2D eigenvalue weighted by Crippen LogP contribution is 2.47. The second-order valence-electron chi connectivity index (χ2n) is 12.7. The normalized spacial score (nSPS) is 24.2. The van der Waals surface area contributed by atoms with Gasteiger partial charge in [0.05, 0.1) is 24.5 Å². The summed E-state index contributed by atoms with van der Waals surface area (Å²) < 4.78 is 0.878. The van der Waals surface area contributed by atoms with Crippen LogP contribution in [0.3, 0.4) is 0 Å². The van der Waals surface area contributed by atoms with Gasteiger partial charge in [-0.3, -0.25) is 19.4 Å². The average Bonchev–Trinajstić information content (AvgIpc) is 3.26. The van der Waals surface area contributed by atoms with Crippen molar-refractivity contribution >= 4 is 33.8 Å². The minimum Gasteiger partial charge on any atom is -0.507 e. The summed E-state index contributed by atoms with van der Waals surface area (Å²) in [6.07, 6.45) is 5.90. The number of phenolic OH excluding ortho intramolecular Hbond substituents is 1. The molecule has 0 unspecified atom stereocenters. The van der Waals surface area contributed by atoms with Gasteiger partial charge in [0, 0.05) is 41.6 Å². The molecule has 7 nitrogen and oxygen atoms in total. The second-order valence-corrected chi connectivity index (χ2v) is 13.6. The number of hydrogen-bond acceptors (Lipinski definition) is 6. The van der Waals surface area contributed by atoms with Crippen LogP contribution in [0, 0.1) is 17.8 Å². The zero-order valence-electron chi connectivity index (χ0n) is 25.8. The van der Waals surface area contributed by atoms with Gasteiger partial charge in [0.25, 0.3) is 0 Å². The Kier molecular flexibility index (Phi) is 10.8. The maximum absolute atomic E-state index is 13.9. The van der Waals surface area contributed by atoms with E-state index >= 15 is 0 Å². The van der Waals surface area contributed by atoms with Crippen molar-refractivity contribution in [3.63, 3.8) is 0 Å². The zero-order valence-corrected chi connectivity index (χ0v) is 27.4. The third-order valence-corrected chi connectivity index (χ3v) is 10.2. The number of aliphatic hydroxyl groups excluding tert-OH is 2. The van der Waals surface area contributed by atoms with Gasteiger partial charge in [-0.2, -0.15) is 0 Å². The predicted octanol–water partition coefficient (Wildman–Crippen LogP) is 6.07. The maximum Gasteiger partial charge on any atom is 0.234 e. The molecule has 1 aliphatic carbocycles. The number of imide groups is 1. The Morgan fingerprint density at radius 2 is 1.80 bits per heavy atom. The van der Waals surface area contributed by atoms with Crippen LogP contribution in [0.5, 0.6) is 5.75 Å². The number of halogens is 1. The van der Waals surface area contributed by atoms with E-state index < -0.39 is 23.9 Å². The minimum absolute atomic E-state index is 0.116. The minimum atomic E-state index is -0.831. The third kappa shape index (κ3) is 7.04. The molecule has 2 aromatic rings. The summed E-state index contributed by atoms with van der Waals surface area (Å²) in [4.78, 5) is 31.5. The van der Waals surface area contributed by atoms with E-state index in [0.29, 0.717) is 19.3 Å². The number of nitrogens with zero attached hydrogens (tertiary/aromatic N) is 2. The Hall–Kier alpha value is -2.78. The van der Waals surface area contributed by atoms with Crippen LogP contribution in [-0.4, -0.2) is 68.8 Å². The van der Waals surface area contributed by atoms with Crippen LogP contribution in [0.15, 0.2) is 69.7 Å². The number of rotatable bonds is 11. The summed E-state index contributed by atoms with van der Waals surface area (Å²) in [7, 11) is 0. The Bertz CT molecular complexity index is 1400. The van der Waals surface area contributed by atoms with E-state index in [1.54, 1.807) is 12.1 Å². The Morgan fingerprint density at radius 3 is 2.48 bits per heavy atom. The molecule has 2 aliphatic heterocycles. The van der Waals surface area contributed by atoms with E-state index in [-0.39, 0.29) is 30.2 Å². The Morgan fingerprint density at radius 1 is 1.07 bits per heavy atom. The maximum atomic E-state index is 13.9. The summed E-state index contributed by atoms with van der Waals surface area (Å²) >= 11 is 3.47. The fraction of sp³-hybridized carbons (Fsp3) is 0.500. The van der Waals surface area contributed by atoms with Crippen LogP contribution in [0.25, 0.3) is 6.08 Å². The number of phenols is 1. The van der Waals surface area contributed by atoms with Crippen molar-refractivity contribution in [1.29, 1.82) is 0 Å². The molecule has 2 heterocycles. The van der Waals surface area contributed by atoms with Crippen LogP contribution >= 0.6 is 15.9 Å². The first-order chi connectivity index (χ1) is 21.2. The standard InChI is InChI=1S/C36H45BrN2O5/c1-3-7-24(19-26-20-27(37)11-13-31(26)41)10-12-32(42)33-23(2)18-29-34(30(33)22-40)36(44)39(35(29)43)28-14-16-38(17-15-28)21-25-8-5-4-6-9-25/h4-6,8-9,11,13,19-20,28-30,32,34,40-42H,3,7,10,12,14-18,21-22H2,1-2H3/b24-19+/t29-,30+,32-,34-/m1/s1. The number of hydrogen-bond donors (Lipinski definition) is 3. The highest BCUT2D eigenvalue weighted by Gasteiger charge is 2.56. The van der Waals surface area contributed by atoms with Crippen molar-refractivity contribution in [3.8, 4) is 5.75 Å². The largest absolute Gasteiger partial charge is 0.507 e. The first-order valence-electron chi connectivity index (χ1n) is 16.0. The summed E-state index contributed by atoms with van der Waals surface area (Å²) in [6.45, 7) is 6.25. The third-order valence-electron chi connectivity index (χ3n) is 9.75. The van der Waals surface area contributed by atoms with Crippen molar-refractivity contribution < 1.29 is 24.9 Å². The Labute approximate surface area is 269 Å². The van der Waals surface area contributed by atoms with Gasteiger partial charge in [0.2, 0.25) is 11.8 Å². The molecule has 8 heteroatoms. The summed E-state index contributed by atoms with van der Waals surface area (Å²) in [5.41, 5.74) is 4.72. The first-order valence-corrected chi connectivity index (χ1v) is 16.8. The van der Waals surface area contributed by atoms with Crippen molar-refractivity contribution in [2.75, 3.05) is 19.7 Å². The molecule has 0 saturated carbocycles. The summed E-state index contributed by atoms with van der Waals surface area (Å²) in [5, 5.41) is 32.4. The molecule has 3 aliphatic rings. The number of carbonyl (C=O) groups is 2. The molecular formula is C36H45BrN2O5. The number of carbonyl (C=O) groups excluding carboxylic acids is 2. The highest BCUT2D eigenvalue weighted by atomic mass is 79.9. The van der Waals surface area contributed by atoms with Crippen LogP contribution in [0.1, 0.15) is 69.9 Å². The van der Waals surface area contributed by atoms with Gasteiger partial charge < -0.3 is 15.3 Å². The van der Waals surface area contributed by atoms with Crippen molar-refractivity contribution in [2.45, 2.75) is 77.5 Å². The van der Waals surface area contributed by atoms with Gasteiger partial charge in [0.1, 0.15) is 5.75 Å². The number of aliphatic hydroxyl groups is 2. The second kappa shape index (κ2) is 14.5. The van der Waals surface area contributed by atoms with Crippen LogP contribution in [0.4, 0.5) is 0 Å². The molecule has 2 fully saturated rings. The molecular weight excluding hydrogens is 620 g/mol. The van der Waals surface area contributed by atoms with Crippen molar-refractivity contribution in [2.24, 2.45) is 17.8 Å². The number of piperidine rings is 1. The van der Waals surface area contributed by atoms with E-state index in [9.17, 15) is 24.9 Å². The Balaban J connectivity index is 1.26. The van der Waals surface area contributed by atoms with Gasteiger partial charge in [-0.05, 0) is 74.8 Å². The highest BCUT2D eigenvalue weighted by molar-refractivity contribution is 9.10. The first kappa shape index (κ1) is 32.6. The lowest BCUT2D eigenvalue weighted by Crippen LogP contribution is -2.47. The smallest absolute Gasteiger partial charge is 0.234 e. The molecule has 5 rings (SSSR count). The zero-order chi connectivity index (χ0) is 31.4. The summed E-state index contributed by atoms with van der Waals surface area (Å²) in [6, 6.07) is 15.5. The quantitative estimate of drug-likeness (QED) is 0.199. The number of likely N-dealkylation sites (tertiary alicyclic amines) is 2. The number of amides is 2. The lowest BCUT2D eigenvalue weighted by atomic mass is 9.68. The van der Waals surface area contributed by atoms with E-state index in [2.05, 4.69) is 39.9 Å². The fourth-order valence-electron chi connectivity index (χ4n) is 7.61. The van der Waals surface area contributed by atoms with Gasteiger partial charge in [-0.25, -0.2) is 0 Å². The molecule has 0 spiro atoms. The number of allylic oxidation sites excluding steroid dienone is 2. The lowest BCUT2D eigenvalue weighted by molar-refractivity contribution is -0.144. The molecule has 236 valence electrons. The van der Waals surface area contributed by atoms with Crippen LogP contribution in [0.2, 0.25) is 0 Å². The average molecular weight is 666 g/mol. The lowest BCUT2D eigenvalue weighted by Gasteiger charge is -2.36. The predicted molar refractivity (Wildman–Crippen MR) is 175 cm³/mol. The molecule has 0 bridgehead atoms. The van der Waals surface area contributed by atoms with E-state index in [1.807, 2.05) is 37.3 Å². The van der Waals surface area contributed by atoms with E-state index in [1.165, 1.54) is 10.5 Å².